The predicted octanol–water partition coefficient (Wildman–Crippen LogP) is 6.21. The molecule has 29 heavy (non-hydrogen) atoms. The van der Waals surface area contributed by atoms with E-state index in [2.05, 4.69) is 91.0 Å². The molecule has 0 fully saturated rings. The molecule has 148 valence electrons. The van der Waals surface area contributed by atoms with Crippen molar-refractivity contribution >= 4 is 47.8 Å². The van der Waals surface area contributed by atoms with Gasteiger partial charge in [-0.1, -0.05) is 91.0 Å². The van der Waals surface area contributed by atoms with Crippen LogP contribution in [-0.4, -0.2) is 4.61 Å². The first-order valence-electron chi connectivity index (χ1n) is 9.07. The molecule has 4 heteroatoms. The standard InChI is InChI=1S/C18H15P.C7H6.2ClH.Ru/c1-4-10-16(11-5-1)19(17-12-6-2-7-13-17)18-14-8-3-9-15-18;1-7-5-3-2-4-6-7;;;/h1-15H;1-6H;2*1H;/q;;;;+2/p-2. The number of halogens is 2. The minimum atomic E-state index is -1.61. The summed E-state index contributed by atoms with van der Waals surface area (Å²) in [5.41, 5.74) is 1.12. The van der Waals surface area contributed by atoms with E-state index in [-0.39, 0.29) is 0 Å². The van der Waals surface area contributed by atoms with Crippen LogP contribution in [0.3, 0.4) is 0 Å². The van der Waals surface area contributed by atoms with E-state index in [1.807, 2.05) is 34.9 Å². The molecule has 4 aromatic carbocycles. The molecule has 0 N–H and O–H groups in total. The monoisotopic (exact) mass is 524 g/mol. The van der Waals surface area contributed by atoms with Crippen LogP contribution in [0.25, 0.3) is 0 Å². The summed E-state index contributed by atoms with van der Waals surface area (Å²) in [5.74, 6) is 0. The molecule has 0 nitrogen and oxygen atoms in total. The Morgan fingerprint density at radius 3 is 1.10 bits per heavy atom. The summed E-state index contributed by atoms with van der Waals surface area (Å²) in [6.07, 6.45) is 0. The maximum absolute atomic E-state index is 5.67. The Morgan fingerprint density at radius 1 is 0.483 bits per heavy atom. The zero-order valence-corrected chi connectivity index (χ0v) is 19.8. The van der Waals surface area contributed by atoms with Gasteiger partial charge >= 0.3 is 73.4 Å². The normalized spacial score (nSPS) is 10.7. The average molecular weight is 524 g/mol. The van der Waals surface area contributed by atoms with Gasteiger partial charge in [0.1, 0.15) is 0 Å². The Kier molecular flexibility index (Phi) is 9.26. The summed E-state index contributed by atoms with van der Waals surface area (Å²) in [6.45, 7) is 0. The molecule has 0 aromatic heterocycles. The second kappa shape index (κ2) is 12.2. The van der Waals surface area contributed by atoms with Crippen molar-refractivity contribution in [1.82, 2.24) is 0 Å². The largest absolute Gasteiger partial charge is 0.0622 e. The van der Waals surface area contributed by atoms with Gasteiger partial charge in [0.25, 0.3) is 0 Å². The zero-order chi connectivity index (χ0) is 20.3. The number of hydrogen-bond acceptors (Lipinski definition) is 0. The van der Waals surface area contributed by atoms with Crippen molar-refractivity contribution in [3.8, 4) is 0 Å². The van der Waals surface area contributed by atoms with E-state index in [1.165, 1.54) is 15.9 Å². The van der Waals surface area contributed by atoms with Crippen LogP contribution in [0.15, 0.2) is 121 Å². The van der Waals surface area contributed by atoms with Gasteiger partial charge in [0.2, 0.25) is 0 Å². The van der Waals surface area contributed by atoms with Crippen molar-refractivity contribution in [1.29, 1.82) is 0 Å². The first-order chi connectivity index (χ1) is 14.2. The molecule has 0 aliphatic heterocycles. The Balaban J connectivity index is 0.000000204. The van der Waals surface area contributed by atoms with Gasteiger partial charge in [-0.05, 0) is 23.8 Å². The fraction of sp³-hybridized carbons (Fsp3) is 0. The van der Waals surface area contributed by atoms with Crippen molar-refractivity contribution in [3.63, 3.8) is 0 Å². The van der Waals surface area contributed by atoms with E-state index < -0.39 is 21.4 Å². The van der Waals surface area contributed by atoms with Crippen LogP contribution < -0.4 is 15.9 Å². The van der Waals surface area contributed by atoms with Crippen LogP contribution in [0, 0.1) is 0 Å². The molecule has 4 rings (SSSR count). The van der Waals surface area contributed by atoms with Crippen LogP contribution in [0.5, 0.6) is 0 Å². The summed E-state index contributed by atoms with van der Waals surface area (Å²) >= 11 is -1.61. The molecular formula is C25H21Cl2PRu. The average Bonchev–Trinajstić information content (AvgIpc) is 2.77. The van der Waals surface area contributed by atoms with Crippen molar-refractivity contribution < 1.29 is 13.5 Å². The maximum Gasteiger partial charge on any atom is -0.0134 e. The molecule has 0 spiro atoms. The van der Waals surface area contributed by atoms with Gasteiger partial charge in [0, 0.05) is 0 Å². The second-order valence-electron chi connectivity index (χ2n) is 6.06. The number of hydrogen-bond donors (Lipinski definition) is 0. The predicted molar refractivity (Wildman–Crippen MR) is 128 cm³/mol. The Labute approximate surface area is 187 Å². The van der Waals surface area contributed by atoms with Gasteiger partial charge in [0.15, 0.2) is 0 Å². The minimum absolute atomic E-state index is 0.446. The van der Waals surface area contributed by atoms with Crippen LogP contribution in [0.1, 0.15) is 5.56 Å². The van der Waals surface area contributed by atoms with Crippen LogP contribution in [0.2, 0.25) is 0 Å². The quantitative estimate of drug-likeness (QED) is 0.220. The molecule has 0 saturated heterocycles. The van der Waals surface area contributed by atoms with Crippen molar-refractivity contribution in [2.24, 2.45) is 0 Å². The first kappa shape index (κ1) is 22.1. The SMILES string of the molecule is [Cl][Ru]([Cl])=[CH]c1ccccc1.c1ccc(P(c2ccccc2)c2ccccc2)cc1. The fourth-order valence-corrected chi connectivity index (χ4v) is 6.92. The smallest absolute Gasteiger partial charge is 0.0134 e. The fourth-order valence-electron chi connectivity index (χ4n) is 2.79. The van der Waals surface area contributed by atoms with Crippen molar-refractivity contribution in [2.45, 2.75) is 0 Å². The molecule has 0 heterocycles. The zero-order valence-electron chi connectivity index (χ0n) is 15.7. The maximum atomic E-state index is 5.67. The molecule has 0 radical (unpaired) electrons. The van der Waals surface area contributed by atoms with E-state index in [0.717, 1.165) is 5.56 Å². The summed E-state index contributed by atoms with van der Waals surface area (Å²) < 4.78 is 1.92. The Hall–Kier alpha value is -1.62. The van der Waals surface area contributed by atoms with Gasteiger partial charge in [-0.2, -0.15) is 0 Å². The third-order valence-corrected chi connectivity index (χ3v) is 8.35. The van der Waals surface area contributed by atoms with Gasteiger partial charge < -0.3 is 0 Å². The van der Waals surface area contributed by atoms with Gasteiger partial charge in [-0.15, -0.1) is 0 Å². The number of benzene rings is 4. The van der Waals surface area contributed by atoms with Crippen molar-refractivity contribution in [2.75, 3.05) is 0 Å². The molecule has 0 aliphatic carbocycles. The molecule has 0 amide bonds. The minimum Gasteiger partial charge on any atom is -0.0622 e. The summed E-state index contributed by atoms with van der Waals surface area (Å²) in [6, 6.07) is 42.2. The van der Waals surface area contributed by atoms with E-state index in [9.17, 15) is 0 Å². The van der Waals surface area contributed by atoms with Crippen LogP contribution in [0.4, 0.5) is 0 Å². The summed E-state index contributed by atoms with van der Waals surface area (Å²) in [7, 11) is 10.9. The Bertz CT molecular complexity index is 910. The molecule has 0 unspecified atom stereocenters. The molecule has 4 aromatic rings. The van der Waals surface area contributed by atoms with Crippen LogP contribution >= 0.6 is 27.3 Å². The molecule has 0 saturated carbocycles. The molecule has 0 atom stereocenters. The summed E-state index contributed by atoms with van der Waals surface area (Å²) in [5, 5.41) is 4.19. The molecular weight excluding hydrogens is 503 g/mol. The van der Waals surface area contributed by atoms with E-state index in [4.69, 9.17) is 19.4 Å². The third kappa shape index (κ3) is 7.29. The third-order valence-electron chi connectivity index (χ3n) is 4.04. The van der Waals surface area contributed by atoms with Crippen LogP contribution in [-0.2, 0) is 13.5 Å². The number of rotatable bonds is 4. The van der Waals surface area contributed by atoms with E-state index >= 15 is 0 Å². The Morgan fingerprint density at radius 2 is 0.793 bits per heavy atom. The topological polar surface area (TPSA) is 0 Å². The van der Waals surface area contributed by atoms with Gasteiger partial charge in [-0.3, -0.25) is 0 Å². The summed E-state index contributed by atoms with van der Waals surface area (Å²) in [4.78, 5) is 0. The molecule has 0 bridgehead atoms. The van der Waals surface area contributed by atoms with E-state index in [0.29, 0.717) is 0 Å². The second-order valence-corrected chi connectivity index (χ2v) is 14.0. The van der Waals surface area contributed by atoms with Gasteiger partial charge in [-0.25, -0.2) is 0 Å². The first-order valence-corrected chi connectivity index (χ1v) is 15.9. The molecule has 0 aliphatic rings. The van der Waals surface area contributed by atoms with Gasteiger partial charge in [0.05, 0.1) is 0 Å². The van der Waals surface area contributed by atoms with E-state index in [1.54, 1.807) is 0 Å². The van der Waals surface area contributed by atoms with Crippen molar-refractivity contribution in [3.05, 3.63) is 127 Å².